The summed E-state index contributed by atoms with van der Waals surface area (Å²) in [5.74, 6) is -0.479. The van der Waals surface area contributed by atoms with Crippen molar-refractivity contribution in [3.05, 3.63) is 0 Å². The summed E-state index contributed by atoms with van der Waals surface area (Å²) < 4.78 is 19.5. The minimum absolute atomic E-state index is 0.479. The van der Waals surface area contributed by atoms with E-state index in [0.29, 0.717) is 0 Å². The lowest BCUT2D eigenvalue weighted by Gasteiger charge is -2.20. The fourth-order valence-corrected chi connectivity index (χ4v) is 1.81. The van der Waals surface area contributed by atoms with Gasteiger partial charge < -0.3 is 30.1 Å². The summed E-state index contributed by atoms with van der Waals surface area (Å²) in [5.41, 5.74) is 0. The maximum atomic E-state index is 10.8. The fraction of sp³-hybridized carbons (Fsp3) is 0.857. The van der Waals surface area contributed by atoms with E-state index in [0.717, 1.165) is 0 Å². The van der Waals surface area contributed by atoms with E-state index in [-0.39, 0.29) is 0 Å². The lowest BCUT2D eigenvalue weighted by molar-refractivity contribution is -0.132. The first-order chi connectivity index (χ1) is 7.70. The number of rotatable bonds is 4. The predicted molar refractivity (Wildman–Crippen MR) is 52.5 cm³/mol. The molecule has 1 fully saturated rings. The largest absolute Gasteiger partial charge is 0.469 e. The van der Waals surface area contributed by atoms with Crippen LogP contribution in [0.1, 0.15) is 6.92 Å². The molecule has 1 heterocycles. The molecule has 5 N–H and O–H groups in total. The van der Waals surface area contributed by atoms with Crippen molar-refractivity contribution in [1.29, 1.82) is 0 Å². The van der Waals surface area contributed by atoms with Gasteiger partial charge in [0.15, 0.2) is 6.29 Å². The Balaban J connectivity index is 2.62. The van der Waals surface area contributed by atoms with Crippen molar-refractivity contribution in [2.24, 2.45) is 0 Å². The third kappa shape index (κ3) is 4.32. The van der Waals surface area contributed by atoms with Crippen molar-refractivity contribution in [1.82, 2.24) is 5.32 Å². The molecule has 1 aliphatic heterocycles. The molecule has 0 spiro atoms. The average molecular weight is 271 g/mol. The second kappa shape index (κ2) is 5.40. The Morgan fingerprint density at radius 2 is 2.06 bits per heavy atom. The summed E-state index contributed by atoms with van der Waals surface area (Å²) in [7, 11) is -4.67. The van der Waals surface area contributed by atoms with Gasteiger partial charge in [-0.15, -0.1) is 0 Å². The van der Waals surface area contributed by atoms with E-state index >= 15 is 0 Å². The van der Waals surface area contributed by atoms with Crippen LogP contribution in [0.5, 0.6) is 0 Å². The number of aliphatic hydroxyl groups is 2. The van der Waals surface area contributed by atoms with Gasteiger partial charge in [0.2, 0.25) is 5.91 Å². The maximum absolute atomic E-state index is 10.8. The Hall–Kier alpha value is -0.540. The molecule has 4 atom stereocenters. The summed E-state index contributed by atoms with van der Waals surface area (Å²) in [6.45, 7) is 0.627. The molecule has 0 aromatic carbocycles. The number of hydrogen-bond acceptors (Lipinski definition) is 6. The molecule has 100 valence electrons. The molecule has 10 heteroatoms. The summed E-state index contributed by atoms with van der Waals surface area (Å²) >= 11 is 0. The minimum atomic E-state index is -4.67. The van der Waals surface area contributed by atoms with Gasteiger partial charge in [0.1, 0.15) is 12.2 Å². The Kier molecular flexibility index (Phi) is 4.62. The highest BCUT2D eigenvalue weighted by atomic mass is 31.2. The molecule has 9 nitrogen and oxygen atoms in total. The summed E-state index contributed by atoms with van der Waals surface area (Å²) in [5, 5.41) is 21.0. The Morgan fingerprint density at radius 1 is 1.47 bits per heavy atom. The number of phosphoric acid groups is 1. The van der Waals surface area contributed by atoms with E-state index in [1.807, 2.05) is 0 Å². The van der Waals surface area contributed by atoms with Crippen LogP contribution in [0.2, 0.25) is 0 Å². The van der Waals surface area contributed by atoms with Crippen LogP contribution in [-0.4, -0.2) is 57.1 Å². The maximum Gasteiger partial charge on any atom is 0.469 e. The fourth-order valence-electron chi connectivity index (χ4n) is 1.47. The molecule has 0 aromatic heterocycles. The molecule has 0 saturated carbocycles. The van der Waals surface area contributed by atoms with Crippen molar-refractivity contribution < 1.29 is 38.6 Å². The van der Waals surface area contributed by atoms with Gasteiger partial charge in [-0.1, -0.05) is 0 Å². The van der Waals surface area contributed by atoms with Crippen molar-refractivity contribution in [2.45, 2.75) is 31.5 Å². The minimum Gasteiger partial charge on any atom is -0.386 e. The molecule has 17 heavy (non-hydrogen) atoms. The number of nitrogens with one attached hydrogen (secondary N) is 1. The molecule has 1 saturated heterocycles. The number of hydrogen-bond donors (Lipinski definition) is 5. The van der Waals surface area contributed by atoms with E-state index in [9.17, 15) is 19.6 Å². The van der Waals surface area contributed by atoms with Crippen LogP contribution in [-0.2, 0) is 18.6 Å². The molecule has 1 rings (SSSR count). The third-order valence-corrected chi connectivity index (χ3v) is 2.64. The molecular weight excluding hydrogens is 257 g/mol. The molecule has 0 bridgehead atoms. The normalized spacial score (nSPS) is 33.7. The summed E-state index contributed by atoms with van der Waals surface area (Å²) in [6.07, 6.45) is -3.97. The van der Waals surface area contributed by atoms with Crippen LogP contribution < -0.4 is 5.32 Å². The van der Waals surface area contributed by atoms with E-state index in [1.54, 1.807) is 0 Å². The second-order valence-corrected chi connectivity index (χ2v) is 4.81. The lowest BCUT2D eigenvalue weighted by atomic mass is 10.1. The van der Waals surface area contributed by atoms with E-state index in [2.05, 4.69) is 9.84 Å². The number of carbonyl (C=O) groups is 1. The number of ether oxygens (including phenoxy) is 1. The lowest BCUT2D eigenvalue weighted by Crippen LogP contribution is -2.48. The van der Waals surface area contributed by atoms with Crippen LogP contribution in [0.15, 0.2) is 0 Å². The van der Waals surface area contributed by atoms with Gasteiger partial charge in [0.25, 0.3) is 0 Å². The number of phosphoric ester groups is 1. The Labute approximate surface area is 96.6 Å². The molecule has 1 amide bonds. The van der Waals surface area contributed by atoms with Gasteiger partial charge in [-0.3, -0.25) is 9.32 Å². The number of amides is 1. The molecule has 0 aromatic rings. The highest BCUT2D eigenvalue weighted by Crippen LogP contribution is 2.37. The zero-order valence-corrected chi connectivity index (χ0v) is 9.78. The van der Waals surface area contributed by atoms with E-state index in [4.69, 9.17) is 14.5 Å². The standard InChI is InChI=1S/C7H14NO8P/c1-3(9)8-5-4(2-15-17(12,13)14)16-7(11)6(5)10/h4-7,10-11H,2H2,1H3,(H,8,9)(H2,12,13,14)/t4-,5+,6?,7?/m1/s1. The summed E-state index contributed by atoms with van der Waals surface area (Å²) in [4.78, 5) is 27.8. The van der Waals surface area contributed by atoms with Crippen LogP contribution in [0.4, 0.5) is 0 Å². The van der Waals surface area contributed by atoms with E-state index < -0.39 is 44.9 Å². The molecule has 1 aliphatic rings. The molecule has 0 aliphatic carbocycles. The quantitative estimate of drug-likeness (QED) is 0.358. The van der Waals surface area contributed by atoms with Crippen LogP contribution in [0, 0.1) is 0 Å². The van der Waals surface area contributed by atoms with Gasteiger partial charge in [0, 0.05) is 6.92 Å². The van der Waals surface area contributed by atoms with Crippen LogP contribution in [0.25, 0.3) is 0 Å². The van der Waals surface area contributed by atoms with Crippen LogP contribution in [0.3, 0.4) is 0 Å². The molecule has 2 unspecified atom stereocenters. The SMILES string of the molecule is CC(=O)N[C@@H]1C(O)C(O)O[C@@H]1COP(=O)(O)O. The third-order valence-electron chi connectivity index (χ3n) is 2.15. The number of aliphatic hydroxyl groups excluding tert-OH is 2. The first-order valence-electron chi connectivity index (χ1n) is 4.69. The first-order valence-corrected chi connectivity index (χ1v) is 6.22. The van der Waals surface area contributed by atoms with Gasteiger partial charge in [-0.25, -0.2) is 4.57 Å². The van der Waals surface area contributed by atoms with Crippen molar-refractivity contribution in [3.63, 3.8) is 0 Å². The van der Waals surface area contributed by atoms with Gasteiger partial charge in [-0.05, 0) is 0 Å². The zero-order chi connectivity index (χ0) is 13.2. The van der Waals surface area contributed by atoms with Gasteiger partial charge in [-0.2, -0.15) is 0 Å². The highest BCUT2D eigenvalue weighted by Gasteiger charge is 2.44. The molecule has 0 radical (unpaired) electrons. The predicted octanol–water partition coefficient (Wildman–Crippen LogP) is -2.32. The van der Waals surface area contributed by atoms with Crippen molar-refractivity contribution >= 4 is 13.7 Å². The smallest absolute Gasteiger partial charge is 0.386 e. The molecular formula is C7H14NO8P. The monoisotopic (exact) mass is 271 g/mol. The Morgan fingerprint density at radius 3 is 2.53 bits per heavy atom. The van der Waals surface area contributed by atoms with Crippen molar-refractivity contribution in [3.8, 4) is 0 Å². The Bertz CT molecular complexity index is 330. The highest BCUT2D eigenvalue weighted by molar-refractivity contribution is 7.46. The summed E-state index contributed by atoms with van der Waals surface area (Å²) in [6, 6.07) is -0.992. The second-order valence-electron chi connectivity index (χ2n) is 3.57. The van der Waals surface area contributed by atoms with Crippen molar-refractivity contribution in [2.75, 3.05) is 6.61 Å². The topological polar surface area (TPSA) is 146 Å². The zero-order valence-electron chi connectivity index (χ0n) is 8.89. The van der Waals surface area contributed by atoms with Gasteiger partial charge >= 0.3 is 7.82 Å². The van der Waals surface area contributed by atoms with Crippen LogP contribution >= 0.6 is 7.82 Å². The first kappa shape index (κ1) is 14.5. The average Bonchev–Trinajstić information content (AvgIpc) is 2.41. The van der Waals surface area contributed by atoms with Gasteiger partial charge in [0.05, 0.1) is 12.6 Å². The van der Waals surface area contributed by atoms with E-state index in [1.165, 1.54) is 6.92 Å². The number of carbonyl (C=O) groups excluding carboxylic acids is 1.